The lowest BCUT2D eigenvalue weighted by atomic mass is 9.88. The Balaban J connectivity index is 1.40. The van der Waals surface area contributed by atoms with Crippen molar-refractivity contribution in [2.24, 2.45) is 0 Å². The molecule has 4 rings (SSSR count). The maximum Gasteiger partial charge on any atom is 0.241 e. The van der Waals surface area contributed by atoms with E-state index in [0.717, 1.165) is 31.2 Å². The van der Waals surface area contributed by atoms with E-state index in [1.165, 1.54) is 17.7 Å². The lowest BCUT2D eigenvalue weighted by molar-refractivity contribution is -0.120. The van der Waals surface area contributed by atoms with Gasteiger partial charge in [-0.1, -0.05) is 24.3 Å². The number of rotatable bonds is 5. The first-order valence-corrected chi connectivity index (χ1v) is 11.3. The molecule has 0 aromatic heterocycles. The third kappa shape index (κ3) is 4.54. The topological polar surface area (TPSA) is 93.7 Å². The first-order chi connectivity index (χ1) is 14.0. The SMILES string of the molecule is O=C(CNS(=O)(=O)c1ccc2c(c1)OCCCO2)NC1CCCc2ccccc21. The zero-order chi connectivity index (χ0) is 20.3. The number of carbonyl (C=O) groups is 1. The summed E-state index contributed by atoms with van der Waals surface area (Å²) in [4.78, 5) is 12.4. The second kappa shape index (κ2) is 8.42. The van der Waals surface area contributed by atoms with Crippen LogP contribution < -0.4 is 19.5 Å². The Morgan fingerprint density at radius 2 is 1.83 bits per heavy atom. The molecule has 0 radical (unpaired) electrons. The van der Waals surface area contributed by atoms with Crippen LogP contribution in [0, 0.1) is 0 Å². The number of hydrogen-bond donors (Lipinski definition) is 2. The molecule has 1 unspecified atom stereocenters. The van der Waals surface area contributed by atoms with Crippen molar-refractivity contribution in [1.29, 1.82) is 0 Å². The fourth-order valence-corrected chi connectivity index (χ4v) is 4.70. The number of amides is 1. The van der Waals surface area contributed by atoms with Gasteiger partial charge in [-0.05, 0) is 42.5 Å². The van der Waals surface area contributed by atoms with Gasteiger partial charge >= 0.3 is 0 Å². The zero-order valence-electron chi connectivity index (χ0n) is 16.0. The minimum atomic E-state index is -3.85. The van der Waals surface area contributed by atoms with Crippen molar-refractivity contribution in [3.8, 4) is 11.5 Å². The Hall–Kier alpha value is -2.58. The van der Waals surface area contributed by atoms with Crippen LogP contribution in [-0.2, 0) is 21.2 Å². The zero-order valence-corrected chi connectivity index (χ0v) is 16.8. The van der Waals surface area contributed by atoms with E-state index < -0.39 is 10.0 Å². The third-order valence-corrected chi connectivity index (χ3v) is 6.56. The number of aryl methyl sites for hydroxylation is 1. The predicted octanol–water partition coefficient (Wildman–Crippen LogP) is 2.32. The van der Waals surface area contributed by atoms with Crippen molar-refractivity contribution in [3.63, 3.8) is 0 Å². The molecule has 2 aromatic carbocycles. The van der Waals surface area contributed by atoms with Gasteiger partial charge in [0, 0.05) is 12.5 Å². The number of benzene rings is 2. The molecule has 29 heavy (non-hydrogen) atoms. The highest BCUT2D eigenvalue weighted by molar-refractivity contribution is 7.89. The molecule has 1 amide bonds. The van der Waals surface area contributed by atoms with E-state index in [9.17, 15) is 13.2 Å². The van der Waals surface area contributed by atoms with Gasteiger partial charge in [0.2, 0.25) is 15.9 Å². The molecular formula is C21H24N2O5S. The van der Waals surface area contributed by atoms with Crippen LogP contribution in [0.1, 0.15) is 36.4 Å². The maximum absolute atomic E-state index is 12.6. The maximum atomic E-state index is 12.6. The molecule has 1 heterocycles. The average Bonchev–Trinajstić information content (AvgIpc) is 2.97. The number of carbonyl (C=O) groups excluding carboxylic acids is 1. The van der Waals surface area contributed by atoms with E-state index in [2.05, 4.69) is 16.1 Å². The number of nitrogens with one attached hydrogen (secondary N) is 2. The molecule has 1 aliphatic heterocycles. The minimum Gasteiger partial charge on any atom is -0.490 e. The van der Waals surface area contributed by atoms with Crippen LogP contribution in [0.25, 0.3) is 0 Å². The summed E-state index contributed by atoms with van der Waals surface area (Å²) < 4.78 is 38.7. The lowest BCUT2D eigenvalue weighted by Gasteiger charge is -2.26. The first kappa shape index (κ1) is 19.7. The molecule has 154 valence electrons. The van der Waals surface area contributed by atoms with Gasteiger partial charge in [-0.2, -0.15) is 0 Å². The van der Waals surface area contributed by atoms with Gasteiger partial charge in [0.1, 0.15) is 0 Å². The first-order valence-electron chi connectivity index (χ1n) is 9.79. The van der Waals surface area contributed by atoms with Gasteiger partial charge < -0.3 is 14.8 Å². The summed E-state index contributed by atoms with van der Waals surface area (Å²) in [5.74, 6) is 0.563. The van der Waals surface area contributed by atoms with Crippen LogP contribution in [-0.4, -0.2) is 34.1 Å². The van der Waals surface area contributed by atoms with Gasteiger partial charge in [0.25, 0.3) is 0 Å². The number of hydrogen-bond acceptors (Lipinski definition) is 5. The van der Waals surface area contributed by atoms with Crippen molar-refractivity contribution in [3.05, 3.63) is 53.6 Å². The van der Waals surface area contributed by atoms with Crippen molar-refractivity contribution in [1.82, 2.24) is 10.0 Å². The summed E-state index contributed by atoms with van der Waals surface area (Å²) in [5.41, 5.74) is 2.34. The summed E-state index contributed by atoms with van der Waals surface area (Å²) in [5, 5.41) is 2.95. The van der Waals surface area contributed by atoms with Crippen LogP contribution in [0.2, 0.25) is 0 Å². The molecule has 0 fully saturated rings. The van der Waals surface area contributed by atoms with Crippen LogP contribution in [0.15, 0.2) is 47.4 Å². The second-order valence-corrected chi connectivity index (χ2v) is 8.96. The van der Waals surface area contributed by atoms with Crippen LogP contribution in [0.4, 0.5) is 0 Å². The minimum absolute atomic E-state index is 0.0394. The summed E-state index contributed by atoms with van der Waals surface area (Å²) in [6.45, 7) is 0.673. The number of ether oxygens (including phenoxy) is 2. The Bertz CT molecular complexity index is 1010. The highest BCUT2D eigenvalue weighted by Gasteiger charge is 2.23. The number of fused-ring (bicyclic) bond motifs is 2. The highest BCUT2D eigenvalue weighted by atomic mass is 32.2. The van der Waals surface area contributed by atoms with Crippen molar-refractivity contribution in [2.75, 3.05) is 19.8 Å². The van der Waals surface area contributed by atoms with E-state index in [1.54, 1.807) is 6.07 Å². The Morgan fingerprint density at radius 1 is 1.03 bits per heavy atom. The summed E-state index contributed by atoms with van der Waals surface area (Å²) in [6, 6.07) is 12.4. The van der Waals surface area contributed by atoms with Gasteiger partial charge in [0.15, 0.2) is 11.5 Å². The Kier molecular flexibility index (Phi) is 5.73. The van der Waals surface area contributed by atoms with E-state index in [4.69, 9.17) is 9.47 Å². The van der Waals surface area contributed by atoms with Gasteiger partial charge in [-0.15, -0.1) is 0 Å². The molecule has 8 heteroatoms. The third-order valence-electron chi connectivity index (χ3n) is 5.16. The smallest absolute Gasteiger partial charge is 0.241 e. The second-order valence-electron chi connectivity index (χ2n) is 7.19. The van der Waals surface area contributed by atoms with Crippen LogP contribution in [0.5, 0.6) is 11.5 Å². The molecule has 0 bridgehead atoms. The normalized spacial score (nSPS) is 18.4. The Morgan fingerprint density at radius 3 is 2.69 bits per heavy atom. The molecule has 0 saturated heterocycles. The van der Waals surface area contributed by atoms with Crippen molar-refractivity contribution < 1.29 is 22.7 Å². The van der Waals surface area contributed by atoms with Gasteiger partial charge in [0.05, 0.1) is 30.7 Å². The fraction of sp³-hybridized carbons (Fsp3) is 0.381. The molecule has 1 aliphatic carbocycles. The summed E-state index contributed by atoms with van der Waals surface area (Å²) >= 11 is 0. The van der Waals surface area contributed by atoms with Crippen LogP contribution in [0.3, 0.4) is 0 Å². The Labute approximate surface area is 170 Å². The highest BCUT2D eigenvalue weighted by Crippen LogP contribution is 2.32. The fourth-order valence-electron chi connectivity index (χ4n) is 3.70. The van der Waals surface area contributed by atoms with E-state index in [1.807, 2.05) is 18.2 Å². The van der Waals surface area contributed by atoms with Crippen molar-refractivity contribution in [2.45, 2.75) is 36.6 Å². The standard InChI is InChI=1S/C21H24N2O5S/c24-21(23-18-8-3-6-15-5-1-2-7-17(15)18)14-22-29(25,26)16-9-10-19-20(13-16)28-12-4-11-27-19/h1-2,5,7,9-10,13,18,22H,3-4,6,8,11-12,14H2,(H,23,24). The molecule has 2 aliphatic rings. The average molecular weight is 416 g/mol. The molecule has 0 spiro atoms. The van der Waals surface area contributed by atoms with E-state index in [-0.39, 0.29) is 23.4 Å². The summed E-state index contributed by atoms with van der Waals surface area (Å²) in [6.07, 6.45) is 3.57. The van der Waals surface area contributed by atoms with E-state index >= 15 is 0 Å². The van der Waals surface area contributed by atoms with Gasteiger partial charge in [-0.3, -0.25) is 4.79 Å². The summed E-state index contributed by atoms with van der Waals surface area (Å²) in [7, 11) is -3.85. The van der Waals surface area contributed by atoms with Crippen LogP contribution >= 0.6 is 0 Å². The van der Waals surface area contributed by atoms with Gasteiger partial charge in [-0.25, -0.2) is 13.1 Å². The number of sulfonamides is 1. The van der Waals surface area contributed by atoms with Crippen molar-refractivity contribution >= 4 is 15.9 Å². The molecular weight excluding hydrogens is 392 g/mol. The van der Waals surface area contributed by atoms with E-state index in [0.29, 0.717) is 24.7 Å². The molecule has 2 aromatic rings. The monoisotopic (exact) mass is 416 g/mol. The largest absolute Gasteiger partial charge is 0.490 e. The molecule has 2 N–H and O–H groups in total. The lowest BCUT2D eigenvalue weighted by Crippen LogP contribution is -2.39. The predicted molar refractivity (Wildman–Crippen MR) is 108 cm³/mol. The quantitative estimate of drug-likeness (QED) is 0.780. The molecule has 1 atom stereocenters. The molecule has 7 nitrogen and oxygen atoms in total. The molecule has 0 saturated carbocycles.